The largest absolute Gasteiger partial charge is 0.451 e. The number of esters is 1. The Hall–Kier alpha value is -2.46. The van der Waals surface area contributed by atoms with Crippen molar-refractivity contribution in [1.82, 2.24) is 5.32 Å². The quantitative estimate of drug-likeness (QED) is 0.509. The summed E-state index contributed by atoms with van der Waals surface area (Å²) < 4.78 is 10.6. The van der Waals surface area contributed by atoms with Gasteiger partial charge in [0.25, 0.3) is 5.91 Å². The molecule has 0 radical (unpaired) electrons. The highest BCUT2D eigenvalue weighted by atomic mass is 32.2. The maximum Gasteiger partial charge on any atom is 0.329 e. The average Bonchev–Trinajstić information content (AvgIpc) is 2.71. The smallest absolute Gasteiger partial charge is 0.329 e. The maximum absolute atomic E-state index is 12.4. The van der Waals surface area contributed by atoms with Crippen LogP contribution in [0.3, 0.4) is 0 Å². The maximum atomic E-state index is 12.4. The molecule has 3 amide bonds. The fourth-order valence-corrected chi connectivity index (χ4v) is 3.26. The second-order valence-electron chi connectivity index (χ2n) is 6.56. The first-order valence-corrected chi connectivity index (χ1v) is 10.8. The summed E-state index contributed by atoms with van der Waals surface area (Å²) in [6.45, 7) is 4.53. The topological polar surface area (TPSA) is 123 Å². The number of carbonyl (C=O) groups is 3. The van der Waals surface area contributed by atoms with E-state index in [-0.39, 0.29) is 0 Å². The van der Waals surface area contributed by atoms with Gasteiger partial charge in [-0.25, -0.2) is 9.59 Å². The molecular formula is C19H28N4O5S. The summed E-state index contributed by atoms with van der Waals surface area (Å²) in [5, 5.41) is 5.08. The van der Waals surface area contributed by atoms with Crippen molar-refractivity contribution >= 4 is 41.0 Å². The van der Waals surface area contributed by atoms with Gasteiger partial charge in [0.2, 0.25) is 0 Å². The summed E-state index contributed by atoms with van der Waals surface area (Å²) in [5.41, 5.74) is 6.76. The molecule has 160 valence electrons. The molecular weight excluding hydrogens is 396 g/mol. The number of primary amides is 1. The highest BCUT2D eigenvalue weighted by Gasteiger charge is 2.25. The van der Waals surface area contributed by atoms with Gasteiger partial charge in [-0.05, 0) is 49.6 Å². The van der Waals surface area contributed by atoms with Gasteiger partial charge in [-0.3, -0.25) is 4.79 Å². The van der Waals surface area contributed by atoms with Crippen molar-refractivity contribution in [3.05, 3.63) is 24.3 Å². The molecule has 2 rings (SSSR count). The van der Waals surface area contributed by atoms with Crippen molar-refractivity contribution < 1.29 is 23.9 Å². The first-order valence-electron chi connectivity index (χ1n) is 9.39. The number of carbonyl (C=O) groups excluding carboxylic acids is 3. The van der Waals surface area contributed by atoms with Crippen molar-refractivity contribution in [3.8, 4) is 0 Å². The zero-order valence-electron chi connectivity index (χ0n) is 16.7. The predicted molar refractivity (Wildman–Crippen MR) is 113 cm³/mol. The first kappa shape index (κ1) is 22.8. The minimum atomic E-state index is -1.02. The zero-order chi connectivity index (χ0) is 21.2. The van der Waals surface area contributed by atoms with Crippen LogP contribution in [0.4, 0.5) is 16.2 Å². The summed E-state index contributed by atoms with van der Waals surface area (Å²) in [7, 11) is 0. The van der Waals surface area contributed by atoms with Crippen LogP contribution in [0, 0.1) is 0 Å². The number of nitrogens with two attached hydrogens (primary N) is 1. The van der Waals surface area contributed by atoms with Crippen LogP contribution in [0.2, 0.25) is 0 Å². The molecule has 1 aromatic carbocycles. The number of nitrogens with one attached hydrogen (secondary N) is 2. The highest BCUT2D eigenvalue weighted by molar-refractivity contribution is 7.98. The van der Waals surface area contributed by atoms with Crippen LogP contribution in [0.1, 0.15) is 13.3 Å². The van der Waals surface area contributed by atoms with Crippen LogP contribution >= 0.6 is 11.8 Å². The predicted octanol–water partition coefficient (Wildman–Crippen LogP) is 1.18. The number of morpholine rings is 1. The van der Waals surface area contributed by atoms with Gasteiger partial charge >= 0.3 is 12.0 Å². The Morgan fingerprint density at radius 3 is 2.48 bits per heavy atom. The van der Waals surface area contributed by atoms with Gasteiger partial charge in [0.05, 0.1) is 13.2 Å². The minimum absolute atomic E-state index is 0.361. The van der Waals surface area contributed by atoms with E-state index in [1.807, 2.05) is 18.4 Å². The normalized spacial score (nSPS) is 15.9. The van der Waals surface area contributed by atoms with E-state index in [4.69, 9.17) is 15.2 Å². The Morgan fingerprint density at radius 1 is 1.24 bits per heavy atom. The van der Waals surface area contributed by atoms with Gasteiger partial charge < -0.3 is 30.7 Å². The number of rotatable bonds is 9. The Kier molecular flexibility index (Phi) is 9.07. The molecule has 1 fully saturated rings. The van der Waals surface area contributed by atoms with Crippen molar-refractivity contribution in [1.29, 1.82) is 0 Å². The molecule has 29 heavy (non-hydrogen) atoms. The number of hydrogen-bond acceptors (Lipinski definition) is 7. The number of hydrogen-bond donors (Lipinski definition) is 3. The molecule has 9 nitrogen and oxygen atoms in total. The molecule has 0 spiro atoms. The summed E-state index contributed by atoms with van der Waals surface area (Å²) in [6, 6.07) is 5.74. The van der Waals surface area contributed by atoms with E-state index in [0.717, 1.165) is 18.8 Å². The Labute approximate surface area is 174 Å². The third-order valence-electron chi connectivity index (χ3n) is 4.38. The van der Waals surface area contributed by atoms with E-state index < -0.39 is 30.1 Å². The lowest BCUT2D eigenvalue weighted by atomic mass is 10.2. The fraction of sp³-hybridized carbons (Fsp3) is 0.526. The molecule has 0 bridgehead atoms. The van der Waals surface area contributed by atoms with Crippen molar-refractivity contribution in [2.24, 2.45) is 5.73 Å². The lowest BCUT2D eigenvalue weighted by Crippen LogP contribution is -2.46. The molecule has 4 N–H and O–H groups in total. The second-order valence-corrected chi connectivity index (χ2v) is 7.54. The molecule has 1 aliphatic heterocycles. The van der Waals surface area contributed by atoms with E-state index in [9.17, 15) is 14.4 Å². The number of urea groups is 1. The molecule has 0 saturated carbocycles. The van der Waals surface area contributed by atoms with Crippen LogP contribution in [0.25, 0.3) is 0 Å². The Balaban J connectivity index is 1.88. The van der Waals surface area contributed by atoms with E-state index >= 15 is 0 Å². The third-order valence-corrected chi connectivity index (χ3v) is 5.03. The molecule has 2 atom stereocenters. The SMILES string of the molecule is CSCC[C@@H](NC(N)=O)C(=O)O[C@H](C)C(=O)Nc1ccc(N2CCOCC2)cc1. The van der Waals surface area contributed by atoms with Gasteiger partial charge in [0.1, 0.15) is 6.04 Å². The number of thioether (sulfide) groups is 1. The number of anilines is 2. The lowest BCUT2D eigenvalue weighted by molar-refractivity contribution is -0.155. The number of amides is 3. The Morgan fingerprint density at radius 2 is 1.90 bits per heavy atom. The van der Waals surface area contributed by atoms with Crippen LogP contribution in [-0.2, 0) is 19.1 Å². The summed E-state index contributed by atoms with van der Waals surface area (Å²) in [5.74, 6) is -0.515. The molecule has 0 aliphatic carbocycles. The standard InChI is InChI=1S/C19H28N4O5S/c1-13(28-18(25)16(7-12-29-2)22-19(20)26)17(24)21-14-3-5-15(6-4-14)23-8-10-27-11-9-23/h3-6,13,16H,7-12H2,1-2H3,(H,21,24)(H3,20,22,26)/t13-,16-/m1/s1. The Bertz CT molecular complexity index is 694. The van der Waals surface area contributed by atoms with Crippen molar-refractivity contribution in [3.63, 3.8) is 0 Å². The van der Waals surface area contributed by atoms with Crippen molar-refractivity contribution in [2.75, 3.05) is 48.5 Å². The van der Waals surface area contributed by atoms with Crippen molar-refractivity contribution in [2.45, 2.75) is 25.5 Å². The zero-order valence-corrected chi connectivity index (χ0v) is 17.5. The number of benzene rings is 1. The van der Waals surface area contributed by atoms with Gasteiger partial charge in [0.15, 0.2) is 6.10 Å². The molecule has 1 aromatic rings. The first-order chi connectivity index (χ1) is 13.9. The van der Waals surface area contributed by atoms with Crippen LogP contribution in [-0.4, -0.2) is 68.4 Å². The van der Waals surface area contributed by atoms with Gasteiger partial charge in [0, 0.05) is 24.5 Å². The molecule has 1 aliphatic rings. The highest BCUT2D eigenvalue weighted by Crippen LogP contribution is 2.19. The third kappa shape index (κ3) is 7.47. The van der Waals surface area contributed by atoms with Gasteiger partial charge in [-0.15, -0.1) is 0 Å². The molecule has 0 aromatic heterocycles. The van der Waals surface area contributed by atoms with Crippen LogP contribution in [0.5, 0.6) is 0 Å². The fourth-order valence-electron chi connectivity index (χ4n) is 2.79. The average molecular weight is 425 g/mol. The number of ether oxygens (including phenoxy) is 2. The van der Waals surface area contributed by atoms with Crippen LogP contribution in [0.15, 0.2) is 24.3 Å². The summed E-state index contributed by atoms with van der Waals surface area (Å²) >= 11 is 1.52. The van der Waals surface area contributed by atoms with E-state index in [1.54, 1.807) is 12.1 Å². The van der Waals surface area contributed by atoms with E-state index in [2.05, 4.69) is 15.5 Å². The second kappa shape index (κ2) is 11.5. The van der Waals surface area contributed by atoms with E-state index in [1.165, 1.54) is 18.7 Å². The van der Waals surface area contributed by atoms with E-state index in [0.29, 0.717) is 31.1 Å². The monoisotopic (exact) mass is 424 g/mol. The molecule has 0 unspecified atom stereocenters. The lowest BCUT2D eigenvalue weighted by Gasteiger charge is -2.29. The molecule has 1 heterocycles. The summed E-state index contributed by atoms with van der Waals surface area (Å²) in [6.07, 6.45) is 1.22. The summed E-state index contributed by atoms with van der Waals surface area (Å²) in [4.78, 5) is 37.9. The minimum Gasteiger partial charge on any atom is -0.451 e. The van der Waals surface area contributed by atoms with Gasteiger partial charge in [-0.1, -0.05) is 0 Å². The molecule has 1 saturated heterocycles. The number of nitrogens with zero attached hydrogens (tertiary/aromatic N) is 1. The molecule has 10 heteroatoms. The van der Waals surface area contributed by atoms with Crippen LogP contribution < -0.4 is 21.3 Å². The van der Waals surface area contributed by atoms with Gasteiger partial charge in [-0.2, -0.15) is 11.8 Å².